The van der Waals surface area contributed by atoms with Gasteiger partial charge in [-0.15, -0.1) is 0 Å². The summed E-state index contributed by atoms with van der Waals surface area (Å²) in [5, 5.41) is 17.8. The Balaban J connectivity index is -0.00000200. The normalized spacial score (nSPS) is 15.9. The molecule has 0 aliphatic heterocycles. The van der Waals surface area contributed by atoms with Crippen molar-refractivity contribution in [3.8, 4) is 0 Å². The van der Waals surface area contributed by atoms with Crippen LogP contribution >= 0.6 is 0 Å². The van der Waals surface area contributed by atoms with Gasteiger partial charge in [-0.2, -0.15) is 0 Å². The molecule has 0 aromatic heterocycles. The van der Waals surface area contributed by atoms with Gasteiger partial charge >= 0.3 is 0 Å². The first-order chi connectivity index (χ1) is 9.95. The van der Waals surface area contributed by atoms with Crippen LogP contribution in [-0.2, 0) is 23.8 Å². The zero-order valence-corrected chi connectivity index (χ0v) is 27.2. The van der Waals surface area contributed by atoms with E-state index in [2.05, 4.69) is 19.1 Å². The van der Waals surface area contributed by atoms with Crippen molar-refractivity contribution >= 4 is 0 Å². The second-order valence-corrected chi connectivity index (χ2v) is 5.85. The van der Waals surface area contributed by atoms with Gasteiger partial charge in [-0.1, -0.05) is 13.8 Å². The van der Waals surface area contributed by atoms with Crippen LogP contribution in [0.4, 0.5) is 0 Å². The smallest absolute Gasteiger partial charge is 0.0916 e. The predicted octanol–water partition coefficient (Wildman–Crippen LogP) is 1.13. The Bertz CT molecular complexity index is 253. The second kappa shape index (κ2) is 13.4. The van der Waals surface area contributed by atoms with Crippen LogP contribution in [0.15, 0.2) is 0 Å². The molecule has 2 unspecified atom stereocenters. The molecule has 0 fully saturated rings. The van der Waals surface area contributed by atoms with E-state index < -0.39 is 10.8 Å². The third-order valence-electron chi connectivity index (χ3n) is 2.97. The summed E-state index contributed by atoms with van der Waals surface area (Å²) < 4.78 is 20.6. The molecule has 0 spiro atoms. The molecule has 0 aromatic rings. The summed E-state index contributed by atoms with van der Waals surface area (Å²) in [5.41, 5.74) is -0.944. The number of aliphatic hydroxyl groups is 1. The fraction of sp³-hybridized carbons (Fsp3) is 0.857. The molecule has 0 saturated carbocycles. The molecule has 0 heterocycles. The van der Waals surface area contributed by atoms with Crippen LogP contribution in [0.2, 0.25) is 0 Å². The van der Waals surface area contributed by atoms with Crippen molar-refractivity contribution in [2.24, 2.45) is 10.8 Å². The van der Waals surface area contributed by atoms with Gasteiger partial charge in [0.25, 0.3) is 0 Å². The van der Waals surface area contributed by atoms with Crippen LogP contribution in [0.1, 0.15) is 13.8 Å². The van der Waals surface area contributed by atoms with Crippen molar-refractivity contribution in [1.29, 1.82) is 0 Å². The van der Waals surface area contributed by atoms with Gasteiger partial charge < -0.3 is 24.1 Å². The minimum atomic E-state index is -0.474. The van der Waals surface area contributed by atoms with E-state index in [0.717, 1.165) is 0 Å². The largest absolute Gasteiger partial charge is 0.554 e. The van der Waals surface area contributed by atoms with Gasteiger partial charge in [0.15, 0.2) is 0 Å². The molecule has 2 atom stereocenters. The average Bonchev–Trinajstić information content (AvgIpc) is 2.43. The summed E-state index contributed by atoms with van der Waals surface area (Å²) in [7, 11) is 6.60. The van der Waals surface area contributed by atoms with Gasteiger partial charge in [0.1, 0.15) is 0 Å². The summed E-state index contributed by atoms with van der Waals surface area (Å²) in [5.74, 6) is 0. The third-order valence-corrected chi connectivity index (χ3v) is 2.97. The summed E-state index contributed by atoms with van der Waals surface area (Å²) in [6, 6.07) is 0. The van der Waals surface area contributed by atoms with E-state index in [9.17, 15) is 5.11 Å². The van der Waals surface area contributed by atoms with Gasteiger partial charge in [0.05, 0.1) is 39.6 Å². The van der Waals surface area contributed by atoms with E-state index in [0.29, 0.717) is 39.6 Å². The monoisotopic (exact) mass is 842 g/mol. The van der Waals surface area contributed by atoms with Gasteiger partial charge in [-0.05, 0) is 0 Å². The molecule has 2 N–H and O–H groups in total. The van der Waals surface area contributed by atoms with Crippen molar-refractivity contribution in [1.82, 2.24) is 0 Å². The molecule has 0 saturated heterocycles. The van der Waals surface area contributed by atoms with Crippen LogP contribution in [0.5, 0.6) is 0 Å². The topological polar surface area (TPSA) is 86.6 Å². The summed E-state index contributed by atoms with van der Waals surface area (Å²) in [6.45, 7) is 5.81. The molecular formula is C14H28O7Rf2-2. The first-order valence-electron chi connectivity index (χ1n) is 6.72. The Morgan fingerprint density at radius 2 is 1.22 bits per heavy atom. The predicted molar refractivity (Wildman–Crippen MR) is 76.1 cm³/mol. The number of rotatable bonds is 14. The van der Waals surface area contributed by atoms with Crippen molar-refractivity contribution in [3.05, 3.63) is 14.2 Å². The van der Waals surface area contributed by atoms with E-state index in [1.54, 1.807) is 0 Å². The molecule has 9 heteroatoms. The van der Waals surface area contributed by atoms with Crippen molar-refractivity contribution in [3.63, 3.8) is 0 Å². The van der Waals surface area contributed by atoms with E-state index in [4.69, 9.17) is 24.2 Å². The van der Waals surface area contributed by atoms with Crippen LogP contribution in [0, 0.1) is 25.0 Å². The van der Waals surface area contributed by atoms with Gasteiger partial charge in [0, 0.05) is 24.0 Å². The molecule has 132 valence electrons. The van der Waals surface area contributed by atoms with Gasteiger partial charge in [-0.3, -0.25) is 5.26 Å². The minimum Gasteiger partial charge on any atom is -0.554 e. The van der Waals surface area contributed by atoms with Crippen molar-refractivity contribution < 1.29 is 34.2 Å². The summed E-state index contributed by atoms with van der Waals surface area (Å²) in [4.78, 5) is 4.16. The SMILES string of the molecule is [CH2-]OCC(C)(CO)COCCOCC(C)(CO[CH2-])COO.[Rf].[Rf]. The maximum Gasteiger partial charge on any atom is 0.0916 e. The summed E-state index contributed by atoms with van der Waals surface area (Å²) in [6.07, 6.45) is 0. The second-order valence-electron chi connectivity index (χ2n) is 5.85. The Labute approximate surface area is 127 Å². The van der Waals surface area contributed by atoms with E-state index >= 15 is 0 Å². The van der Waals surface area contributed by atoms with Gasteiger partial charge in [-0.25, -0.2) is 19.1 Å². The average molecular weight is 842 g/mol. The fourth-order valence-corrected chi connectivity index (χ4v) is 1.66. The number of hydrogen-bond acceptors (Lipinski definition) is 7. The molecule has 0 amide bonds. The van der Waals surface area contributed by atoms with Crippen LogP contribution < -0.4 is 0 Å². The maximum absolute atomic E-state index is 9.27. The molecule has 0 rings (SSSR count). The molecular weight excluding hydrogens is 814 g/mol. The van der Waals surface area contributed by atoms with E-state index in [1.807, 2.05) is 13.8 Å². The van der Waals surface area contributed by atoms with E-state index in [-0.39, 0.29) is 13.2 Å². The molecule has 0 radical (unpaired) electrons. The first-order valence-corrected chi connectivity index (χ1v) is 6.72. The zero-order valence-electron chi connectivity index (χ0n) is 14.4. The first kappa shape index (κ1) is 25.7. The Morgan fingerprint density at radius 3 is 1.61 bits per heavy atom. The van der Waals surface area contributed by atoms with Crippen molar-refractivity contribution in [2.45, 2.75) is 13.8 Å². The van der Waals surface area contributed by atoms with Gasteiger partial charge in [0.2, 0.25) is 0 Å². The Kier molecular flexibility index (Phi) is 14.9. The Hall–Kier alpha value is -2.28. The third kappa shape index (κ3) is 11.0. The molecule has 7 nitrogen and oxygen atoms in total. The molecule has 0 aromatic carbocycles. The van der Waals surface area contributed by atoms with Crippen LogP contribution in [0.3, 0.4) is 0 Å². The molecule has 0 aliphatic rings. The number of ether oxygens (including phenoxy) is 4. The van der Waals surface area contributed by atoms with E-state index in [1.165, 1.54) is 0 Å². The molecule has 23 heavy (non-hydrogen) atoms. The summed E-state index contributed by atoms with van der Waals surface area (Å²) >= 11 is 0. The van der Waals surface area contributed by atoms with Crippen LogP contribution in [-0.4, -0.2) is 63.2 Å². The minimum absolute atomic E-state index is 0. The number of hydrogen-bond donors (Lipinski definition) is 2. The zero-order chi connectivity index (χ0) is 16.2. The van der Waals surface area contributed by atoms with Crippen LogP contribution in [0.25, 0.3) is 0 Å². The fourth-order valence-electron chi connectivity index (χ4n) is 1.66. The Morgan fingerprint density at radius 1 is 0.783 bits per heavy atom. The number of aliphatic hydroxyl groups excluding tert-OH is 1. The maximum atomic E-state index is 9.27. The molecule has 0 bridgehead atoms. The quantitative estimate of drug-likeness (QED) is 0.118. The van der Waals surface area contributed by atoms with Crippen molar-refractivity contribution in [2.75, 3.05) is 52.9 Å². The standard InChI is InChI=1S/C14H28O7.2Rf/c1-13(7-15,8-17-3)10-19-5-6-20-11-14(2,9-18-4)12-21-16;;/h15-16H,3-12H2,1-2H3;;/q-2;;. The molecule has 0 aliphatic carbocycles.